The Hall–Kier alpha value is -2.09. The fraction of sp³-hybridized carbons (Fsp3) is 0.853. The number of aliphatic hydroxyl groups excluding tert-OH is 1. The second-order valence-corrected chi connectivity index (χ2v) is 16.6. The van der Waals surface area contributed by atoms with Gasteiger partial charge in [-0.1, -0.05) is 53.7 Å². The van der Waals surface area contributed by atoms with E-state index in [4.69, 9.17) is 5.73 Å². The third kappa shape index (κ3) is 4.52. The van der Waals surface area contributed by atoms with Crippen molar-refractivity contribution in [3.8, 4) is 0 Å². The van der Waals surface area contributed by atoms with Gasteiger partial charge in [-0.2, -0.15) is 0 Å². The maximum atomic E-state index is 10.9. The number of nitrogens with two attached hydrogens (primary N) is 1. The highest BCUT2D eigenvalue weighted by Gasteiger charge is 2.70. The van der Waals surface area contributed by atoms with Crippen LogP contribution in [0.1, 0.15) is 113 Å². The van der Waals surface area contributed by atoms with Gasteiger partial charge in [0.05, 0.1) is 6.10 Å². The average Bonchev–Trinajstić information content (AvgIpc) is 3.40. The Kier molecular flexibility index (Phi) is 7.64. The number of allylic oxidation sites excluding steroid dienone is 1. The summed E-state index contributed by atoms with van der Waals surface area (Å²) in [5.41, 5.74) is 8.08. The van der Waals surface area contributed by atoms with E-state index in [0.29, 0.717) is 27.6 Å². The first-order valence-electron chi connectivity index (χ1n) is 16.4. The van der Waals surface area contributed by atoms with Crippen LogP contribution >= 0.6 is 0 Å². The van der Waals surface area contributed by atoms with Crippen LogP contribution in [-0.2, 0) is 4.79 Å². The number of amides is 5. The van der Waals surface area contributed by atoms with E-state index in [1.165, 1.54) is 63.4 Å². The minimum absolute atomic E-state index is 0.0632. The van der Waals surface area contributed by atoms with Crippen LogP contribution in [0.3, 0.4) is 0 Å². The number of hydrogen-bond acceptors (Lipinski definition) is 4. The first-order valence-corrected chi connectivity index (χ1v) is 16.4. The van der Waals surface area contributed by atoms with Gasteiger partial charge in [-0.25, -0.2) is 9.59 Å². The minimum atomic E-state index is -1.04. The SMILES string of the molecule is C=C(C)[C@@H]1CC[C@]2(C)CC[C@]3(C)[C@H](CC[C@@H]4[C@@]5(C)CC[C@H](O)C(C)(C)[C@@H]5CC[C@]43C)[C@@H]12.NC(=O)NC1NC(=O)NC1=O. The van der Waals surface area contributed by atoms with Gasteiger partial charge in [-0.05, 0) is 128 Å². The molecule has 1 saturated heterocycles. The summed E-state index contributed by atoms with van der Waals surface area (Å²) in [5, 5.41) is 16.9. The molecule has 236 valence electrons. The van der Waals surface area contributed by atoms with Crippen molar-refractivity contribution in [1.82, 2.24) is 16.0 Å². The van der Waals surface area contributed by atoms with E-state index in [2.05, 4.69) is 60.4 Å². The van der Waals surface area contributed by atoms with Gasteiger partial charge < -0.3 is 21.5 Å². The Morgan fingerprint density at radius 2 is 1.60 bits per heavy atom. The second kappa shape index (κ2) is 10.2. The number of carbonyl (C=O) groups is 3. The van der Waals surface area contributed by atoms with E-state index >= 15 is 0 Å². The molecule has 0 radical (unpaired) electrons. The Bertz CT molecular complexity index is 1150. The highest BCUT2D eigenvalue weighted by Crippen LogP contribution is 2.77. The Morgan fingerprint density at radius 1 is 0.905 bits per heavy atom. The van der Waals surface area contributed by atoms with Crippen LogP contribution < -0.4 is 21.7 Å². The molecule has 6 fully saturated rings. The molecule has 6 aliphatic rings. The molecule has 6 rings (SSSR count). The summed E-state index contributed by atoms with van der Waals surface area (Å²) in [7, 11) is 0. The van der Waals surface area contributed by atoms with Crippen molar-refractivity contribution < 1.29 is 19.5 Å². The maximum absolute atomic E-state index is 10.9. The van der Waals surface area contributed by atoms with Crippen LogP contribution in [0.15, 0.2) is 12.2 Å². The van der Waals surface area contributed by atoms with Crippen molar-refractivity contribution in [2.45, 2.75) is 125 Å². The normalized spacial score (nSPS) is 48.6. The lowest BCUT2D eigenvalue weighted by Crippen LogP contribution is -2.66. The number of primary amides is 1. The molecule has 0 aromatic carbocycles. The molecule has 6 N–H and O–H groups in total. The van der Waals surface area contributed by atoms with Crippen molar-refractivity contribution >= 4 is 18.0 Å². The molecule has 5 saturated carbocycles. The Morgan fingerprint density at radius 3 is 2.19 bits per heavy atom. The summed E-state index contributed by atoms with van der Waals surface area (Å²) in [6, 6.07) is -1.51. The fourth-order valence-corrected chi connectivity index (χ4v) is 12.1. The molecular formula is C34H56N4O4. The molecule has 8 heteroatoms. The van der Waals surface area contributed by atoms with Gasteiger partial charge in [0.25, 0.3) is 5.91 Å². The molecule has 5 aliphatic carbocycles. The summed E-state index contributed by atoms with van der Waals surface area (Å²) in [5.74, 6) is 3.36. The van der Waals surface area contributed by atoms with Crippen molar-refractivity contribution in [3.63, 3.8) is 0 Å². The van der Waals surface area contributed by atoms with Gasteiger partial charge in [0, 0.05) is 0 Å². The lowest BCUT2D eigenvalue weighted by atomic mass is 9.32. The van der Waals surface area contributed by atoms with Crippen molar-refractivity contribution in [1.29, 1.82) is 0 Å². The number of rotatable bonds is 2. The molecule has 0 aromatic rings. The zero-order valence-electron chi connectivity index (χ0n) is 27.1. The standard InChI is InChI=1S/C30H50O.C4H6N4O3/c1-19(2)20-11-14-27(5)17-18-29(7)21(25(20)27)9-10-23-28(6)15-13-24(31)26(3,4)22(28)12-16-30(23,29)8;5-3(10)6-1-2(9)8-4(11)7-1/h20-25,31H,1,9-18H2,2-8H3;1H,(H3,5,6,10)(H2,7,8,9,11)/t20-,21+,22-,23+,24-,25+,27+,28-,29+,30+;/m0./s1. The van der Waals surface area contributed by atoms with Crippen LogP contribution in [-0.4, -0.2) is 35.3 Å². The van der Waals surface area contributed by atoms with Crippen LogP contribution in [0, 0.1) is 56.7 Å². The summed E-state index contributed by atoms with van der Waals surface area (Å²) in [4.78, 5) is 31.3. The van der Waals surface area contributed by atoms with E-state index < -0.39 is 24.1 Å². The summed E-state index contributed by atoms with van der Waals surface area (Å²) >= 11 is 0. The number of carbonyl (C=O) groups excluding carboxylic acids is 3. The second-order valence-electron chi connectivity index (χ2n) is 16.6. The molecule has 1 heterocycles. The van der Waals surface area contributed by atoms with Crippen molar-refractivity contribution in [2.24, 2.45) is 62.4 Å². The molecule has 0 spiro atoms. The highest BCUT2D eigenvalue weighted by atomic mass is 16.3. The third-order valence-corrected chi connectivity index (χ3v) is 14.5. The summed E-state index contributed by atoms with van der Waals surface area (Å²) in [6.07, 6.45) is 12.3. The lowest BCUT2D eigenvalue weighted by molar-refractivity contribution is -0.246. The van der Waals surface area contributed by atoms with Gasteiger partial charge in [0.2, 0.25) is 0 Å². The number of aliphatic hydroxyl groups is 1. The molecule has 1 unspecified atom stereocenters. The van der Waals surface area contributed by atoms with Crippen LogP contribution in [0.4, 0.5) is 9.59 Å². The number of fused-ring (bicyclic) bond motifs is 7. The number of urea groups is 2. The predicted octanol–water partition coefficient (Wildman–Crippen LogP) is 5.85. The van der Waals surface area contributed by atoms with E-state index in [9.17, 15) is 19.5 Å². The smallest absolute Gasteiger partial charge is 0.323 e. The monoisotopic (exact) mass is 584 g/mol. The van der Waals surface area contributed by atoms with E-state index in [0.717, 1.165) is 30.1 Å². The molecule has 5 amide bonds. The third-order valence-electron chi connectivity index (χ3n) is 14.5. The number of hydrogen-bond donors (Lipinski definition) is 5. The van der Waals surface area contributed by atoms with Gasteiger partial charge in [-0.3, -0.25) is 10.1 Å². The van der Waals surface area contributed by atoms with Crippen LogP contribution in [0.25, 0.3) is 0 Å². The van der Waals surface area contributed by atoms with Crippen molar-refractivity contribution in [3.05, 3.63) is 12.2 Å². The minimum Gasteiger partial charge on any atom is -0.393 e. The predicted molar refractivity (Wildman–Crippen MR) is 164 cm³/mol. The van der Waals surface area contributed by atoms with Crippen LogP contribution in [0.5, 0.6) is 0 Å². The van der Waals surface area contributed by atoms with E-state index in [-0.39, 0.29) is 11.5 Å². The lowest BCUT2D eigenvalue weighted by Gasteiger charge is -2.73. The molecule has 0 bridgehead atoms. The van der Waals surface area contributed by atoms with E-state index in [1.807, 2.05) is 10.6 Å². The molecule has 1 aliphatic heterocycles. The largest absolute Gasteiger partial charge is 0.393 e. The summed E-state index contributed by atoms with van der Waals surface area (Å²) in [6.45, 7) is 22.3. The molecular weight excluding hydrogens is 528 g/mol. The van der Waals surface area contributed by atoms with Gasteiger partial charge in [0.1, 0.15) is 0 Å². The van der Waals surface area contributed by atoms with Crippen molar-refractivity contribution in [2.75, 3.05) is 0 Å². The number of imide groups is 1. The Labute approximate surface area is 252 Å². The van der Waals surface area contributed by atoms with Gasteiger partial charge in [0.15, 0.2) is 6.17 Å². The quantitative estimate of drug-likeness (QED) is 0.206. The number of nitrogens with one attached hydrogen (secondary N) is 3. The van der Waals surface area contributed by atoms with Crippen LogP contribution in [0.2, 0.25) is 0 Å². The van der Waals surface area contributed by atoms with E-state index in [1.54, 1.807) is 0 Å². The molecule has 42 heavy (non-hydrogen) atoms. The molecule has 8 nitrogen and oxygen atoms in total. The summed E-state index contributed by atoms with van der Waals surface area (Å²) < 4.78 is 0. The zero-order chi connectivity index (χ0) is 31.0. The van der Waals surface area contributed by atoms with Gasteiger partial charge in [-0.15, -0.1) is 0 Å². The topological polar surface area (TPSA) is 134 Å². The fourth-order valence-electron chi connectivity index (χ4n) is 12.1. The highest BCUT2D eigenvalue weighted by molar-refractivity contribution is 6.05. The molecule has 11 atom stereocenters. The maximum Gasteiger partial charge on any atom is 0.323 e. The average molecular weight is 585 g/mol. The van der Waals surface area contributed by atoms with Gasteiger partial charge >= 0.3 is 12.1 Å². The first-order chi connectivity index (χ1) is 19.4. The zero-order valence-corrected chi connectivity index (χ0v) is 27.1. The Balaban J connectivity index is 0.000000271. The molecule has 0 aromatic heterocycles. The first kappa shape index (κ1) is 31.3.